The Morgan fingerprint density at radius 1 is 1.36 bits per heavy atom. The van der Waals surface area contributed by atoms with Gasteiger partial charge in [0.1, 0.15) is 5.75 Å². The first-order chi connectivity index (χ1) is 10.4. The number of hydrogen-bond donors (Lipinski definition) is 4. The van der Waals surface area contributed by atoms with E-state index in [1.54, 1.807) is 18.2 Å². The molecule has 6 nitrogen and oxygen atoms in total. The quantitative estimate of drug-likeness (QED) is 0.420. The van der Waals surface area contributed by atoms with Crippen molar-refractivity contribution in [2.24, 2.45) is 0 Å². The molecule has 22 heavy (non-hydrogen) atoms. The second kappa shape index (κ2) is 9.45. The normalized spacial score (nSPS) is 10.2. The largest absolute Gasteiger partial charge is 0.484 e. The molecule has 1 amide bonds. The van der Waals surface area contributed by atoms with E-state index in [9.17, 15) is 4.79 Å². The number of benzene rings is 1. The van der Waals surface area contributed by atoms with E-state index >= 15 is 0 Å². The highest BCUT2D eigenvalue weighted by Gasteiger charge is 2.05. The van der Waals surface area contributed by atoms with Gasteiger partial charge in [-0.3, -0.25) is 15.6 Å². The number of halogens is 1. The zero-order valence-corrected chi connectivity index (χ0v) is 14.5. The Morgan fingerprint density at radius 3 is 2.73 bits per heavy atom. The van der Waals surface area contributed by atoms with Crippen LogP contribution in [0, 0.1) is 6.92 Å². The van der Waals surface area contributed by atoms with E-state index in [0.29, 0.717) is 15.9 Å². The average molecular weight is 346 g/mol. The van der Waals surface area contributed by atoms with Crippen molar-refractivity contribution in [1.82, 2.24) is 16.2 Å². The average Bonchev–Trinajstić information content (AvgIpc) is 2.46. The molecule has 0 atom stereocenters. The predicted octanol–water partition coefficient (Wildman–Crippen LogP) is -0.333. The summed E-state index contributed by atoms with van der Waals surface area (Å²) >= 11 is 11.0. The van der Waals surface area contributed by atoms with Crippen molar-refractivity contribution >= 4 is 34.8 Å². The Balaban J connectivity index is 2.23. The lowest BCUT2D eigenvalue weighted by atomic mass is 10.2. The van der Waals surface area contributed by atoms with E-state index in [1.807, 2.05) is 6.92 Å². The molecule has 0 fully saturated rings. The molecule has 0 aliphatic carbocycles. The minimum absolute atomic E-state index is 0.113. The van der Waals surface area contributed by atoms with Gasteiger partial charge < -0.3 is 15.0 Å². The van der Waals surface area contributed by atoms with Crippen LogP contribution >= 0.6 is 23.8 Å². The van der Waals surface area contributed by atoms with Gasteiger partial charge in [-0.05, 0) is 42.9 Å². The Kier molecular flexibility index (Phi) is 7.94. The lowest BCUT2D eigenvalue weighted by Gasteiger charge is -2.13. The van der Waals surface area contributed by atoms with E-state index in [1.165, 1.54) is 4.90 Å². The van der Waals surface area contributed by atoms with E-state index in [2.05, 4.69) is 30.3 Å². The SMILES string of the molecule is Cc1cc(OCC(=O)NNC(=S)NCC[NH+](C)C)ccc1Cl. The monoisotopic (exact) mass is 345 g/mol. The lowest BCUT2D eigenvalue weighted by molar-refractivity contribution is -0.856. The summed E-state index contributed by atoms with van der Waals surface area (Å²) in [5.41, 5.74) is 5.98. The molecule has 1 aromatic carbocycles. The van der Waals surface area contributed by atoms with Crippen LogP contribution in [0.5, 0.6) is 5.75 Å². The van der Waals surface area contributed by atoms with Crippen LogP contribution in [0.4, 0.5) is 0 Å². The number of thiocarbonyl (C=S) groups is 1. The molecular weight excluding hydrogens is 324 g/mol. The number of aryl methyl sites for hydroxylation is 1. The molecule has 0 unspecified atom stereocenters. The first-order valence-corrected chi connectivity index (χ1v) is 7.67. The summed E-state index contributed by atoms with van der Waals surface area (Å²) in [6, 6.07) is 5.22. The number of rotatable bonds is 6. The van der Waals surface area contributed by atoms with Gasteiger partial charge >= 0.3 is 0 Å². The Morgan fingerprint density at radius 2 is 2.09 bits per heavy atom. The second-order valence-electron chi connectivity index (χ2n) is 5.09. The minimum atomic E-state index is -0.324. The second-order valence-corrected chi connectivity index (χ2v) is 5.90. The van der Waals surface area contributed by atoms with Crippen LogP contribution in [0.25, 0.3) is 0 Å². The fraction of sp³-hybridized carbons (Fsp3) is 0.429. The van der Waals surface area contributed by atoms with Gasteiger partial charge in [0.15, 0.2) is 11.7 Å². The third kappa shape index (κ3) is 7.44. The van der Waals surface area contributed by atoms with Crippen LogP contribution < -0.4 is 25.8 Å². The third-order valence-electron chi connectivity index (χ3n) is 2.73. The van der Waals surface area contributed by atoms with Gasteiger partial charge in [-0.25, -0.2) is 0 Å². The number of amides is 1. The van der Waals surface area contributed by atoms with E-state index in [4.69, 9.17) is 28.6 Å². The molecule has 0 aliphatic rings. The third-order valence-corrected chi connectivity index (χ3v) is 3.40. The van der Waals surface area contributed by atoms with Crippen LogP contribution in [-0.2, 0) is 4.79 Å². The maximum atomic E-state index is 11.6. The van der Waals surface area contributed by atoms with Gasteiger partial charge in [0.05, 0.1) is 27.2 Å². The summed E-state index contributed by atoms with van der Waals surface area (Å²) in [6.45, 7) is 3.41. The first kappa shape index (κ1) is 18.5. The number of likely N-dealkylation sites (N-methyl/N-ethyl adjacent to an activating group) is 1. The Bertz CT molecular complexity index is 526. The fourth-order valence-electron chi connectivity index (χ4n) is 1.49. The first-order valence-electron chi connectivity index (χ1n) is 6.89. The summed E-state index contributed by atoms with van der Waals surface area (Å²) in [5.74, 6) is 0.265. The molecule has 1 aromatic rings. The number of ether oxygens (including phenoxy) is 1. The Labute approximate surface area is 141 Å². The van der Waals surface area contributed by atoms with Gasteiger partial charge in [-0.1, -0.05) is 11.6 Å². The standard InChI is InChI=1S/C14H21ClN4O2S/c1-10-8-11(4-5-12(10)15)21-9-13(20)17-18-14(22)16-6-7-19(2)3/h4-5,8H,6-7,9H2,1-3H3,(H,17,20)(H2,16,18,22)/p+1. The van der Waals surface area contributed by atoms with Crippen molar-refractivity contribution in [2.75, 3.05) is 33.8 Å². The van der Waals surface area contributed by atoms with Gasteiger partial charge in [-0.15, -0.1) is 0 Å². The van der Waals surface area contributed by atoms with Crippen molar-refractivity contribution in [1.29, 1.82) is 0 Å². The number of quaternary nitrogens is 1. The van der Waals surface area contributed by atoms with Crippen molar-refractivity contribution in [2.45, 2.75) is 6.92 Å². The molecule has 0 aromatic heterocycles. The van der Waals surface area contributed by atoms with Crippen LogP contribution in [0.1, 0.15) is 5.56 Å². The molecule has 0 bridgehead atoms. The molecular formula is C14H22ClN4O2S+. The zero-order chi connectivity index (χ0) is 16.5. The molecule has 122 valence electrons. The Hall–Kier alpha value is -1.57. The van der Waals surface area contributed by atoms with Gasteiger partial charge in [0.2, 0.25) is 0 Å². The zero-order valence-electron chi connectivity index (χ0n) is 13.0. The molecule has 0 saturated carbocycles. The molecule has 0 aliphatic heterocycles. The summed E-state index contributed by atoms with van der Waals surface area (Å²) in [6.07, 6.45) is 0. The van der Waals surface area contributed by atoms with Crippen LogP contribution in [0.2, 0.25) is 5.02 Å². The molecule has 0 spiro atoms. The van der Waals surface area contributed by atoms with Crippen molar-refractivity contribution in [3.05, 3.63) is 28.8 Å². The number of carbonyl (C=O) groups excluding carboxylic acids is 1. The minimum Gasteiger partial charge on any atom is -0.484 e. The fourth-order valence-corrected chi connectivity index (χ4v) is 1.76. The smallest absolute Gasteiger partial charge is 0.276 e. The number of nitrogens with one attached hydrogen (secondary N) is 4. The van der Waals surface area contributed by atoms with Gasteiger partial charge in [0.25, 0.3) is 5.91 Å². The summed E-state index contributed by atoms with van der Waals surface area (Å²) in [4.78, 5) is 12.9. The molecule has 1 rings (SSSR count). The van der Waals surface area contributed by atoms with Gasteiger partial charge in [-0.2, -0.15) is 0 Å². The van der Waals surface area contributed by atoms with Crippen molar-refractivity contribution < 1.29 is 14.4 Å². The van der Waals surface area contributed by atoms with Crippen LogP contribution in [0.3, 0.4) is 0 Å². The molecule has 4 N–H and O–H groups in total. The van der Waals surface area contributed by atoms with Crippen molar-refractivity contribution in [3.8, 4) is 5.75 Å². The predicted molar refractivity (Wildman–Crippen MR) is 91.2 cm³/mol. The van der Waals surface area contributed by atoms with E-state index in [-0.39, 0.29) is 12.5 Å². The van der Waals surface area contributed by atoms with Gasteiger partial charge in [0, 0.05) is 5.02 Å². The number of carbonyl (C=O) groups is 1. The summed E-state index contributed by atoms with van der Waals surface area (Å²) < 4.78 is 5.37. The van der Waals surface area contributed by atoms with Crippen molar-refractivity contribution in [3.63, 3.8) is 0 Å². The van der Waals surface area contributed by atoms with Crippen LogP contribution in [-0.4, -0.2) is 44.8 Å². The number of hydrogen-bond acceptors (Lipinski definition) is 3. The highest BCUT2D eigenvalue weighted by atomic mass is 35.5. The van der Waals surface area contributed by atoms with E-state index in [0.717, 1.165) is 18.7 Å². The number of hydrazine groups is 1. The van der Waals surface area contributed by atoms with Crippen LogP contribution in [0.15, 0.2) is 18.2 Å². The lowest BCUT2D eigenvalue weighted by Crippen LogP contribution is -3.06. The summed E-state index contributed by atoms with van der Waals surface area (Å²) in [7, 11) is 4.10. The summed E-state index contributed by atoms with van der Waals surface area (Å²) in [5, 5.41) is 4.02. The topological polar surface area (TPSA) is 66.8 Å². The maximum absolute atomic E-state index is 11.6. The van der Waals surface area contributed by atoms with E-state index < -0.39 is 0 Å². The maximum Gasteiger partial charge on any atom is 0.276 e. The molecule has 0 radical (unpaired) electrons. The molecule has 0 saturated heterocycles. The highest BCUT2D eigenvalue weighted by Crippen LogP contribution is 2.20. The highest BCUT2D eigenvalue weighted by molar-refractivity contribution is 7.80. The molecule has 8 heteroatoms. The molecule has 0 heterocycles.